The van der Waals surface area contributed by atoms with Crippen molar-refractivity contribution in [3.8, 4) is 5.75 Å². The first-order valence-electron chi connectivity index (χ1n) is 8.23. The van der Waals surface area contributed by atoms with Crippen LogP contribution in [-0.4, -0.2) is 31.1 Å². The van der Waals surface area contributed by atoms with E-state index in [1.807, 2.05) is 0 Å². The fraction of sp³-hybridized carbons (Fsp3) is 0.667. The van der Waals surface area contributed by atoms with Gasteiger partial charge in [-0.05, 0) is 68.0 Å². The van der Waals surface area contributed by atoms with E-state index in [4.69, 9.17) is 4.74 Å². The highest BCUT2D eigenvalue weighted by Gasteiger charge is 2.32. The third-order valence-electron chi connectivity index (χ3n) is 4.69. The standard InChI is InChI=1S/C18H28BrNO/c1-5-11-20(12-6-2)16-9-7-14-17(21-4)10-8-15(19)18(14)13(16)3/h8,10,13,16H,5-7,9,11-12H2,1-4H3/t13-,16-/m1/s1. The zero-order valence-electron chi connectivity index (χ0n) is 13.8. The van der Waals surface area contributed by atoms with Crippen LogP contribution in [0.15, 0.2) is 16.6 Å². The number of benzene rings is 1. The van der Waals surface area contributed by atoms with E-state index in [0.717, 1.165) is 12.2 Å². The van der Waals surface area contributed by atoms with Crippen LogP contribution in [0.25, 0.3) is 0 Å². The zero-order valence-corrected chi connectivity index (χ0v) is 15.4. The molecule has 0 unspecified atom stereocenters. The molecule has 1 aromatic carbocycles. The van der Waals surface area contributed by atoms with E-state index < -0.39 is 0 Å². The van der Waals surface area contributed by atoms with Gasteiger partial charge in [-0.15, -0.1) is 0 Å². The SMILES string of the molecule is CCCN(CCC)[C@@H]1CCc2c(OC)ccc(Br)c2[C@@H]1C. The maximum absolute atomic E-state index is 5.57. The lowest BCUT2D eigenvalue weighted by molar-refractivity contribution is 0.158. The molecule has 118 valence electrons. The Morgan fingerprint density at radius 1 is 1.24 bits per heavy atom. The molecule has 0 radical (unpaired) electrons. The van der Waals surface area contributed by atoms with Crippen LogP contribution in [0.5, 0.6) is 5.75 Å². The lowest BCUT2D eigenvalue weighted by atomic mass is 9.79. The molecule has 2 atom stereocenters. The Hall–Kier alpha value is -0.540. The molecular formula is C18H28BrNO. The first-order valence-corrected chi connectivity index (χ1v) is 9.02. The predicted octanol–water partition coefficient (Wildman–Crippen LogP) is 5.00. The Morgan fingerprint density at radius 2 is 1.90 bits per heavy atom. The minimum absolute atomic E-state index is 0.552. The number of ether oxygens (including phenoxy) is 1. The Balaban J connectivity index is 2.32. The number of nitrogens with zero attached hydrogens (tertiary/aromatic N) is 1. The molecular weight excluding hydrogens is 326 g/mol. The summed E-state index contributed by atoms with van der Waals surface area (Å²) in [6, 6.07) is 4.88. The zero-order chi connectivity index (χ0) is 15.4. The number of methoxy groups -OCH3 is 1. The highest BCUT2D eigenvalue weighted by atomic mass is 79.9. The molecule has 1 aliphatic rings. The van der Waals surface area contributed by atoms with E-state index in [0.29, 0.717) is 12.0 Å². The molecule has 0 aliphatic heterocycles. The second kappa shape index (κ2) is 7.64. The van der Waals surface area contributed by atoms with Gasteiger partial charge in [0.15, 0.2) is 0 Å². The summed E-state index contributed by atoms with van der Waals surface area (Å²) >= 11 is 3.77. The largest absolute Gasteiger partial charge is 0.496 e. The van der Waals surface area contributed by atoms with Crippen molar-refractivity contribution in [3.63, 3.8) is 0 Å². The van der Waals surface area contributed by atoms with Crippen LogP contribution >= 0.6 is 15.9 Å². The maximum atomic E-state index is 5.57. The predicted molar refractivity (Wildman–Crippen MR) is 93.4 cm³/mol. The van der Waals surface area contributed by atoms with Gasteiger partial charge < -0.3 is 4.74 Å². The molecule has 0 spiro atoms. The Bertz CT molecular complexity index is 469. The molecule has 0 N–H and O–H groups in total. The Kier molecular flexibility index (Phi) is 6.12. The van der Waals surface area contributed by atoms with Crippen LogP contribution < -0.4 is 4.74 Å². The summed E-state index contributed by atoms with van der Waals surface area (Å²) < 4.78 is 6.81. The average Bonchev–Trinajstić information content (AvgIpc) is 2.48. The van der Waals surface area contributed by atoms with E-state index in [-0.39, 0.29) is 0 Å². The highest BCUT2D eigenvalue weighted by Crippen LogP contribution is 2.42. The van der Waals surface area contributed by atoms with Crippen LogP contribution in [0.2, 0.25) is 0 Å². The summed E-state index contributed by atoms with van der Waals surface area (Å²) in [6.07, 6.45) is 4.82. The van der Waals surface area contributed by atoms with Crippen molar-refractivity contribution in [2.24, 2.45) is 0 Å². The van der Waals surface area contributed by atoms with Gasteiger partial charge in [0.1, 0.15) is 5.75 Å². The van der Waals surface area contributed by atoms with Crippen LogP contribution in [0.1, 0.15) is 57.1 Å². The summed E-state index contributed by atoms with van der Waals surface area (Å²) in [6.45, 7) is 9.36. The van der Waals surface area contributed by atoms with E-state index >= 15 is 0 Å². The normalized spacial score (nSPS) is 21.4. The molecule has 3 heteroatoms. The minimum Gasteiger partial charge on any atom is -0.496 e. The molecule has 0 heterocycles. The van der Waals surface area contributed by atoms with Crippen LogP contribution in [-0.2, 0) is 6.42 Å². The number of fused-ring (bicyclic) bond motifs is 1. The van der Waals surface area contributed by atoms with Gasteiger partial charge in [-0.3, -0.25) is 4.90 Å². The summed E-state index contributed by atoms with van der Waals surface area (Å²) in [7, 11) is 1.78. The topological polar surface area (TPSA) is 12.5 Å². The number of hydrogen-bond donors (Lipinski definition) is 0. The molecule has 1 aliphatic carbocycles. The second-order valence-electron chi connectivity index (χ2n) is 6.07. The van der Waals surface area contributed by atoms with E-state index in [1.165, 1.54) is 48.0 Å². The van der Waals surface area contributed by atoms with Gasteiger partial charge >= 0.3 is 0 Å². The van der Waals surface area contributed by atoms with Gasteiger partial charge in [0, 0.05) is 10.5 Å². The average molecular weight is 354 g/mol. The Labute approximate surface area is 138 Å². The third kappa shape index (κ3) is 3.45. The summed E-state index contributed by atoms with van der Waals surface area (Å²) in [5, 5.41) is 0. The van der Waals surface area contributed by atoms with E-state index in [2.05, 4.69) is 53.7 Å². The smallest absolute Gasteiger partial charge is 0.122 e. The monoisotopic (exact) mass is 353 g/mol. The number of rotatable bonds is 6. The van der Waals surface area contributed by atoms with Crippen molar-refractivity contribution in [1.82, 2.24) is 4.90 Å². The second-order valence-corrected chi connectivity index (χ2v) is 6.93. The van der Waals surface area contributed by atoms with Crippen LogP contribution in [0.4, 0.5) is 0 Å². The summed E-state index contributed by atoms with van der Waals surface area (Å²) in [5.41, 5.74) is 2.87. The molecule has 0 saturated carbocycles. The fourth-order valence-corrected chi connectivity index (χ4v) is 4.54. The fourth-order valence-electron chi connectivity index (χ4n) is 3.81. The van der Waals surface area contributed by atoms with Crippen molar-refractivity contribution in [2.75, 3.05) is 20.2 Å². The molecule has 0 bridgehead atoms. The van der Waals surface area contributed by atoms with Crippen LogP contribution in [0.3, 0.4) is 0 Å². The quantitative estimate of drug-likeness (QED) is 0.713. The molecule has 0 amide bonds. The van der Waals surface area contributed by atoms with Crippen molar-refractivity contribution in [3.05, 3.63) is 27.7 Å². The van der Waals surface area contributed by atoms with Crippen molar-refractivity contribution in [2.45, 2.75) is 58.4 Å². The first kappa shape index (κ1) is 16.8. The molecule has 2 nitrogen and oxygen atoms in total. The summed E-state index contributed by atoms with van der Waals surface area (Å²) in [4.78, 5) is 2.69. The van der Waals surface area contributed by atoms with Gasteiger partial charge in [-0.1, -0.05) is 36.7 Å². The van der Waals surface area contributed by atoms with Gasteiger partial charge in [-0.2, -0.15) is 0 Å². The van der Waals surface area contributed by atoms with Crippen molar-refractivity contribution < 1.29 is 4.74 Å². The minimum atomic E-state index is 0.552. The van der Waals surface area contributed by atoms with E-state index in [9.17, 15) is 0 Å². The first-order chi connectivity index (χ1) is 10.1. The molecule has 21 heavy (non-hydrogen) atoms. The van der Waals surface area contributed by atoms with Gasteiger partial charge in [0.05, 0.1) is 7.11 Å². The van der Waals surface area contributed by atoms with Gasteiger partial charge in [0.2, 0.25) is 0 Å². The van der Waals surface area contributed by atoms with Gasteiger partial charge in [-0.25, -0.2) is 0 Å². The summed E-state index contributed by atoms with van der Waals surface area (Å²) in [5.74, 6) is 1.60. The lowest BCUT2D eigenvalue weighted by Gasteiger charge is -2.40. The number of halogens is 1. The molecule has 0 aromatic heterocycles. The number of hydrogen-bond acceptors (Lipinski definition) is 2. The molecule has 0 saturated heterocycles. The Morgan fingerprint density at radius 3 is 2.48 bits per heavy atom. The molecule has 2 rings (SSSR count). The van der Waals surface area contributed by atoms with E-state index in [1.54, 1.807) is 7.11 Å². The highest BCUT2D eigenvalue weighted by molar-refractivity contribution is 9.10. The lowest BCUT2D eigenvalue weighted by Crippen LogP contribution is -2.42. The van der Waals surface area contributed by atoms with Gasteiger partial charge in [0.25, 0.3) is 0 Å². The van der Waals surface area contributed by atoms with Crippen molar-refractivity contribution >= 4 is 15.9 Å². The third-order valence-corrected chi connectivity index (χ3v) is 5.39. The van der Waals surface area contributed by atoms with Crippen LogP contribution in [0, 0.1) is 0 Å². The molecule has 1 aromatic rings. The molecule has 0 fully saturated rings. The van der Waals surface area contributed by atoms with Crippen molar-refractivity contribution in [1.29, 1.82) is 0 Å². The maximum Gasteiger partial charge on any atom is 0.122 e.